The van der Waals surface area contributed by atoms with Gasteiger partial charge in [-0.15, -0.1) is 11.3 Å². The Morgan fingerprint density at radius 3 is 2.52 bits per heavy atom. The van der Waals surface area contributed by atoms with Gasteiger partial charge in [-0.3, -0.25) is 9.59 Å². The number of nitrogens with one attached hydrogen (secondary N) is 2. The summed E-state index contributed by atoms with van der Waals surface area (Å²) in [5.74, 6) is -0.213. The second kappa shape index (κ2) is 7.59. The van der Waals surface area contributed by atoms with Crippen LogP contribution < -0.4 is 10.6 Å². The molecule has 0 saturated carbocycles. The van der Waals surface area contributed by atoms with Crippen LogP contribution in [0.5, 0.6) is 0 Å². The van der Waals surface area contributed by atoms with Crippen LogP contribution in [0, 0.1) is 0 Å². The van der Waals surface area contributed by atoms with E-state index in [1.54, 1.807) is 0 Å². The predicted octanol–water partition coefficient (Wildman–Crippen LogP) is 2.63. The molecule has 0 radical (unpaired) electrons. The van der Waals surface area contributed by atoms with Gasteiger partial charge in [0.25, 0.3) is 0 Å². The van der Waals surface area contributed by atoms with E-state index < -0.39 is 0 Å². The van der Waals surface area contributed by atoms with Crippen LogP contribution >= 0.6 is 11.3 Å². The summed E-state index contributed by atoms with van der Waals surface area (Å²) in [5, 5.41) is 7.64. The average Bonchev–Trinajstić information content (AvgIpc) is 2.99. The molecule has 0 bridgehead atoms. The van der Waals surface area contributed by atoms with E-state index in [2.05, 4.69) is 10.6 Å². The van der Waals surface area contributed by atoms with Crippen LogP contribution in [-0.4, -0.2) is 11.8 Å². The zero-order valence-electron chi connectivity index (χ0n) is 11.8. The molecule has 5 heteroatoms. The molecule has 1 unspecified atom stereocenters. The van der Waals surface area contributed by atoms with Crippen molar-refractivity contribution in [3.63, 3.8) is 0 Å². The summed E-state index contributed by atoms with van der Waals surface area (Å²) in [6.45, 7) is 1.96. The SMILES string of the molecule is CC(=O)NC(CC(=O)NCc1ccccc1)c1cccs1. The number of rotatable bonds is 6. The largest absolute Gasteiger partial charge is 0.352 e. The van der Waals surface area contributed by atoms with Gasteiger partial charge >= 0.3 is 0 Å². The van der Waals surface area contributed by atoms with E-state index in [4.69, 9.17) is 0 Å². The van der Waals surface area contributed by atoms with Crippen molar-refractivity contribution in [2.45, 2.75) is 25.9 Å². The fourth-order valence-corrected chi connectivity index (χ4v) is 2.79. The minimum Gasteiger partial charge on any atom is -0.352 e. The van der Waals surface area contributed by atoms with Gasteiger partial charge in [0.1, 0.15) is 0 Å². The molecule has 2 amide bonds. The van der Waals surface area contributed by atoms with E-state index in [0.717, 1.165) is 10.4 Å². The molecule has 4 nitrogen and oxygen atoms in total. The lowest BCUT2D eigenvalue weighted by atomic mass is 10.1. The second-order valence-corrected chi connectivity index (χ2v) is 5.71. The fourth-order valence-electron chi connectivity index (χ4n) is 2.01. The third-order valence-corrected chi connectivity index (χ3v) is 3.97. The predicted molar refractivity (Wildman–Crippen MR) is 83.8 cm³/mol. The van der Waals surface area contributed by atoms with Gasteiger partial charge in [-0.1, -0.05) is 36.4 Å². The quantitative estimate of drug-likeness (QED) is 0.862. The van der Waals surface area contributed by atoms with E-state index in [0.29, 0.717) is 6.54 Å². The fraction of sp³-hybridized carbons (Fsp3) is 0.250. The van der Waals surface area contributed by atoms with Crippen LogP contribution in [-0.2, 0) is 16.1 Å². The Morgan fingerprint density at radius 2 is 1.90 bits per heavy atom. The Balaban J connectivity index is 1.90. The van der Waals surface area contributed by atoms with Crippen LogP contribution in [0.4, 0.5) is 0 Å². The number of hydrogen-bond acceptors (Lipinski definition) is 3. The van der Waals surface area contributed by atoms with Crippen molar-refractivity contribution in [2.24, 2.45) is 0 Å². The lowest BCUT2D eigenvalue weighted by molar-refractivity contribution is -0.122. The lowest BCUT2D eigenvalue weighted by Crippen LogP contribution is -2.32. The molecule has 1 atom stereocenters. The maximum absolute atomic E-state index is 12.0. The second-order valence-electron chi connectivity index (χ2n) is 4.73. The first-order valence-corrected chi connectivity index (χ1v) is 7.64. The first-order chi connectivity index (χ1) is 10.1. The summed E-state index contributed by atoms with van der Waals surface area (Å²) in [7, 11) is 0. The average molecular weight is 302 g/mol. The van der Waals surface area contributed by atoms with Crippen molar-refractivity contribution in [3.05, 3.63) is 58.3 Å². The van der Waals surface area contributed by atoms with Crippen LogP contribution in [0.2, 0.25) is 0 Å². The molecule has 0 aliphatic rings. The molecule has 1 aromatic carbocycles. The molecule has 21 heavy (non-hydrogen) atoms. The van der Waals surface area contributed by atoms with Crippen molar-refractivity contribution >= 4 is 23.2 Å². The number of hydrogen-bond donors (Lipinski definition) is 2. The van der Waals surface area contributed by atoms with E-state index in [1.165, 1.54) is 18.3 Å². The smallest absolute Gasteiger partial charge is 0.222 e. The molecule has 1 aromatic heterocycles. The van der Waals surface area contributed by atoms with Crippen LogP contribution in [0.25, 0.3) is 0 Å². The summed E-state index contributed by atoms with van der Waals surface area (Å²) in [6.07, 6.45) is 0.243. The Bertz CT molecular complexity index is 582. The number of amides is 2. The molecule has 0 fully saturated rings. The van der Waals surface area contributed by atoms with E-state index in [-0.39, 0.29) is 24.3 Å². The Kier molecular flexibility index (Phi) is 5.51. The Labute approximate surface area is 128 Å². The third-order valence-electron chi connectivity index (χ3n) is 2.99. The highest BCUT2D eigenvalue weighted by Crippen LogP contribution is 2.21. The Morgan fingerprint density at radius 1 is 1.14 bits per heavy atom. The standard InChI is InChI=1S/C16H18N2O2S/c1-12(19)18-14(15-8-5-9-21-15)10-16(20)17-11-13-6-3-2-4-7-13/h2-9,14H,10-11H2,1H3,(H,17,20)(H,18,19). The molecule has 0 saturated heterocycles. The van der Waals surface area contributed by atoms with Crippen LogP contribution in [0.3, 0.4) is 0 Å². The van der Waals surface area contributed by atoms with Gasteiger partial charge in [0.2, 0.25) is 11.8 Å². The minimum absolute atomic E-state index is 0.0778. The molecule has 2 aromatic rings. The van der Waals surface area contributed by atoms with Crippen molar-refractivity contribution in [3.8, 4) is 0 Å². The normalized spacial score (nSPS) is 11.7. The highest BCUT2D eigenvalue weighted by Gasteiger charge is 2.17. The highest BCUT2D eigenvalue weighted by molar-refractivity contribution is 7.10. The Hall–Kier alpha value is -2.14. The molecule has 2 N–H and O–H groups in total. The molecule has 0 spiro atoms. The zero-order valence-corrected chi connectivity index (χ0v) is 12.7. The van der Waals surface area contributed by atoms with Crippen LogP contribution in [0.1, 0.15) is 29.8 Å². The monoisotopic (exact) mass is 302 g/mol. The van der Waals surface area contributed by atoms with Crippen LogP contribution in [0.15, 0.2) is 47.8 Å². The van der Waals surface area contributed by atoms with Gasteiger partial charge in [0.05, 0.1) is 12.5 Å². The summed E-state index contributed by atoms with van der Waals surface area (Å²) in [5.41, 5.74) is 1.05. The molecular formula is C16H18N2O2S. The number of carbonyl (C=O) groups is 2. The zero-order chi connectivity index (χ0) is 15.1. The van der Waals surface area contributed by atoms with Gasteiger partial charge in [0.15, 0.2) is 0 Å². The lowest BCUT2D eigenvalue weighted by Gasteiger charge is -2.16. The van der Waals surface area contributed by atoms with Crippen molar-refractivity contribution in [1.29, 1.82) is 0 Å². The van der Waals surface area contributed by atoms with Crippen molar-refractivity contribution in [2.75, 3.05) is 0 Å². The number of carbonyl (C=O) groups excluding carboxylic acids is 2. The van der Waals surface area contributed by atoms with Gasteiger partial charge in [-0.25, -0.2) is 0 Å². The molecule has 2 rings (SSSR count). The summed E-state index contributed by atoms with van der Waals surface area (Å²) in [6, 6.07) is 13.3. The van der Waals surface area contributed by atoms with Gasteiger partial charge in [-0.2, -0.15) is 0 Å². The maximum atomic E-state index is 12.0. The van der Waals surface area contributed by atoms with E-state index >= 15 is 0 Å². The maximum Gasteiger partial charge on any atom is 0.222 e. The van der Waals surface area contributed by atoms with Crippen molar-refractivity contribution < 1.29 is 9.59 Å². The number of thiophene rings is 1. The summed E-state index contributed by atoms with van der Waals surface area (Å²) >= 11 is 1.53. The van der Waals surface area contributed by atoms with Gasteiger partial charge in [0, 0.05) is 18.3 Å². The first kappa shape index (κ1) is 15.3. The number of benzene rings is 1. The molecule has 1 heterocycles. The summed E-state index contributed by atoms with van der Waals surface area (Å²) < 4.78 is 0. The first-order valence-electron chi connectivity index (χ1n) is 6.76. The minimum atomic E-state index is -0.265. The highest BCUT2D eigenvalue weighted by atomic mass is 32.1. The third kappa shape index (κ3) is 5.04. The summed E-state index contributed by atoms with van der Waals surface area (Å²) in [4.78, 5) is 24.3. The van der Waals surface area contributed by atoms with Gasteiger partial charge in [-0.05, 0) is 17.0 Å². The topological polar surface area (TPSA) is 58.2 Å². The van der Waals surface area contributed by atoms with E-state index in [1.807, 2.05) is 47.8 Å². The molecule has 0 aliphatic carbocycles. The molecule has 110 valence electrons. The molecule has 0 aliphatic heterocycles. The van der Waals surface area contributed by atoms with E-state index in [9.17, 15) is 9.59 Å². The van der Waals surface area contributed by atoms with Crippen molar-refractivity contribution in [1.82, 2.24) is 10.6 Å². The molecular weight excluding hydrogens is 284 g/mol. The van der Waals surface area contributed by atoms with Gasteiger partial charge < -0.3 is 10.6 Å².